The van der Waals surface area contributed by atoms with Crippen molar-refractivity contribution < 1.29 is 33.8 Å². The lowest BCUT2D eigenvalue weighted by Gasteiger charge is -1.94. The third kappa shape index (κ3) is 6.43. The van der Waals surface area contributed by atoms with E-state index in [-0.39, 0.29) is 0 Å². The molecule has 0 spiro atoms. The summed E-state index contributed by atoms with van der Waals surface area (Å²) in [6.07, 6.45) is 0. The topological polar surface area (TPSA) is 116 Å². The fourth-order valence-corrected chi connectivity index (χ4v) is 0.717. The molecule has 0 aromatic heterocycles. The molecule has 0 saturated carbocycles. The lowest BCUT2D eigenvalue weighted by atomic mass is 14.9. The van der Waals surface area contributed by atoms with Crippen molar-refractivity contribution in [2.75, 3.05) is 0 Å². The van der Waals surface area contributed by atoms with E-state index < -0.39 is 20.8 Å². The number of halogens is 1. The molecule has 0 unspecified atom stereocenters. The molecule has 0 aromatic carbocycles. The Morgan fingerprint density at radius 1 is 1.09 bits per heavy atom. The van der Waals surface area contributed by atoms with Gasteiger partial charge in [-0.15, -0.1) is 3.74 Å². The Balaban J connectivity index is 4.13. The van der Waals surface area contributed by atoms with Crippen molar-refractivity contribution in [1.29, 1.82) is 0 Å². The molecule has 0 radical (unpaired) electrons. The van der Waals surface area contributed by atoms with Crippen LogP contribution in [-0.4, -0.2) is 21.4 Å². The van der Waals surface area contributed by atoms with E-state index in [1.807, 2.05) is 0 Å². The summed E-state index contributed by atoms with van der Waals surface area (Å²) in [4.78, 5) is 0. The Hall–Kier alpha value is 0.0300. The van der Waals surface area contributed by atoms with Crippen LogP contribution in [0.5, 0.6) is 0 Å². The molecule has 0 fully saturated rings. The molecule has 0 saturated heterocycles. The van der Waals surface area contributed by atoms with Gasteiger partial charge in [0.1, 0.15) is 0 Å². The first-order valence-electron chi connectivity index (χ1n) is 1.67. The maximum atomic E-state index is 9.97. The van der Waals surface area contributed by atoms with Crippen molar-refractivity contribution in [1.82, 2.24) is 0 Å². The Labute approximate surface area is 67.0 Å². The number of rotatable bonds is 4. The average Bonchev–Trinajstić information content (AvgIpc) is 1.83. The molecule has 0 aliphatic carbocycles. The van der Waals surface area contributed by atoms with Gasteiger partial charge in [-0.1, -0.05) is 8.67 Å². The average molecular weight is 229 g/mol. The molecule has 0 aliphatic rings. The molecule has 68 valence electrons. The van der Waals surface area contributed by atoms with E-state index in [4.69, 9.17) is 4.55 Å². The van der Waals surface area contributed by atoms with Crippen LogP contribution in [0.2, 0.25) is 0 Å². The summed E-state index contributed by atoms with van der Waals surface area (Å²) in [5.41, 5.74) is 0. The summed E-state index contributed by atoms with van der Waals surface area (Å²) in [5.74, 6) is 0. The number of hydrogen-bond donors (Lipinski definition) is 1. The maximum Gasteiger partial charge on any atom is 0.443 e. The van der Waals surface area contributed by atoms with Crippen molar-refractivity contribution in [3.05, 3.63) is 0 Å². The minimum Gasteiger partial charge on any atom is -0.262 e. The van der Waals surface area contributed by atoms with Gasteiger partial charge in [-0.05, 0) is 0 Å². The van der Waals surface area contributed by atoms with Crippen molar-refractivity contribution in [2.45, 2.75) is 0 Å². The molecule has 0 amide bonds. The van der Waals surface area contributed by atoms with E-state index in [9.17, 15) is 16.8 Å². The Morgan fingerprint density at radius 2 is 1.55 bits per heavy atom. The Bertz CT molecular complexity index is 293. The highest BCUT2D eigenvalue weighted by Crippen LogP contribution is 2.01. The summed E-state index contributed by atoms with van der Waals surface area (Å²) in [7, 11) is -9.76. The van der Waals surface area contributed by atoms with Gasteiger partial charge in [0, 0.05) is 0 Å². The molecule has 8 nitrogen and oxygen atoms in total. The van der Waals surface area contributed by atoms with E-state index in [0.717, 1.165) is 0 Å². The molecule has 0 aliphatic heterocycles. The summed E-state index contributed by atoms with van der Waals surface area (Å²) >= 11 is 4.25. The highest BCUT2D eigenvalue weighted by molar-refractivity contribution is 7.84. The molecule has 0 rings (SSSR count). The summed E-state index contributed by atoms with van der Waals surface area (Å²) in [6.45, 7) is 0. The van der Waals surface area contributed by atoms with Gasteiger partial charge in [-0.25, -0.2) is 0 Å². The predicted octanol–water partition coefficient (Wildman–Crippen LogP) is -0.847. The lowest BCUT2D eigenvalue weighted by molar-refractivity contribution is -0.103. The quantitative estimate of drug-likeness (QED) is 0.376. The third-order valence-electron chi connectivity index (χ3n) is 0.274. The zero-order valence-corrected chi connectivity index (χ0v) is 6.89. The largest absolute Gasteiger partial charge is 0.443 e. The molecule has 11 heteroatoms. The number of hydrogen-bond acceptors (Lipinski definition) is 7. The minimum atomic E-state index is -5.01. The fourth-order valence-electron chi connectivity index (χ4n) is 0.0796. The maximum absolute atomic E-state index is 9.97. The molecule has 11 heavy (non-hydrogen) atoms. The van der Waals surface area contributed by atoms with Crippen LogP contribution in [0.15, 0.2) is 0 Å². The highest BCUT2D eigenvalue weighted by Gasteiger charge is 2.17. The molecule has 0 bridgehead atoms. The van der Waals surface area contributed by atoms with Gasteiger partial charge in [0.15, 0.2) is 0 Å². The third-order valence-corrected chi connectivity index (χ3v) is 1.45. The summed E-state index contributed by atoms with van der Waals surface area (Å²) < 4.78 is 55.9. The van der Waals surface area contributed by atoms with E-state index >= 15 is 0 Å². The summed E-state index contributed by atoms with van der Waals surface area (Å²) in [6, 6.07) is 0. The summed E-state index contributed by atoms with van der Waals surface area (Å²) in [5, 5.41) is 0. The Kier molecular flexibility index (Phi) is 3.63. The zero-order chi connectivity index (χ0) is 9.12. The van der Waals surface area contributed by atoms with Crippen LogP contribution >= 0.6 is 11.9 Å². The second-order valence-corrected chi connectivity index (χ2v) is 3.48. The first-order chi connectivity index (χ1) is 4.77. The smallest absolute Gasteiger partial charge is 0.262 e. The molecule has 1 N–H and O–H groups in total. The first-order valence-corrected chi connectivity index (χ1v) is 4.68. The van der Waals surface area contributed by atoms with Crippen molar-refractivity contribution >= 4 is 32.7 Å². The lowest BCUT2D eigenvalue weighted by Crippen LogP contribution is -2.10. The predicted molar refractivity (Wildman–Crippen MR) is 29.6 cm³/mol. The molecule has 0 atom stereocenters. The second-order valence-electron chi connectivity index (χ2n) is 1.04. The molecular weight excluding hydrogens is 228 g/mol. The van der Waals surface area contributed by atoms with Gasteiger partial charge in [0.2, 0.25) is 0 Å². The zero-order valence-electron chi connectivity index (χ0n) is 4.50. The van der Waals surface area contributed by atoms with Crippen molar-refractivity contribution in [3.8, 4) is 0 Å². The van der Waals surface area contributed by atoms with Crippen LogP contribution in [-0.2, 0) is 33.2 Å². The van der Waals surface area contributed by atoms with E-state index in [1.54, 1.807) is 0 Å². The van der Waals surface area contributed by atoms with Gasteiger partial charge in [0.05, 0.1) is 11.9 Å². The van der Waals surface area contributed by atoms with Crippen molar-refractivity contribution in [2.24, 2.45) is 0 Å². The van der Waals surface area contributed by atoms with Gasteiger partial charge >= 0.3 is 20.8 Å². The van der Waals surface area contributed by atoms with Crippen LogP contribution in [0.1, 0.15) is 0 Å². The van der Waals surface area contributed by atoms with Crippen LogP contribution in [0, 0.1) is 0 Å². The highest BCUT2D eigenvalue weighted by atomic mass is 35.5. The van der Waals surface area contributed by atoms with Crippen molar-refractivity contribution in [3.63, 3.8) is 0 Å². The van der Waals surface area contributed by atoms with Gasteiger partial charge in [-0.3, -0.25) is 4.55 Å². The molecule has 0 aromatic rings. The molecule has 0 heterocycles. The standard InChI is InChI=1S/ClHO8S2/c1-7-11(5,6)9-8-10(2,3)4/h(H,2,3,4). The van der Waals surface area contributed by atoms with Crippen LogP contribution in [0.4, 0.5) is 0 Å². The molecular formula is HClO8S2. The SMILES string of the molecule is O=S(=O)(O)OOS(=O)(=O)OCl. The minimum absolute atomic E-state index is 2.92. The van der Waals surface area contributed by atoms with E-state index in [0.29, 0.717) is 0 Å². The normalized spacial score (nSPS) is 13.3. The van der Waals surface area contributed by atoms with Crippen LogP contribution in [0.3, 0.4) is 0 Å². The second kappa shape index (κ2) is 3.62. The Morgan fingerprint density at radius 3 is 1.82 bits per heavy atom. The first kappa shape index (κ1) is 11.0. The monoisotopic (exact) mass is 228 g/mol. The fraction of sp³-hybridized carbons (Fsp3) is 0. The van der Waals surface area contributed by atoms with Crippen LogP contribution in [0.25, 0.3) is 0 Å². The van der Waals surface area contributed by atoms with Gasteiger partial charge < -0.3 is 0 Å². The van der Waals surface area contributed by atoms with Gasteiger partial charge in [-0.2, -0.15) is 16.8 Å². The van der Waals surface area contributed by atoms with Gasteiger partial charge in [0.25, 0.3) is 0 Å². The van der Waals surface area contributed by atoms with Crippen LogP contribution < -0.4 is 0 Å². The van der Waals surface area contributed by atoms with E-state index in [1.165, 1.54) is 0 Å². The van der Waals surface area contributed by atoms with E-state index in [2.05, 4.69) is 24.3 Å².